The Kier molecular flexibility index (Phi) is 4.63. The SMILES string of the molecule is CC1(c2ccc(Cl)cc2)NC(=O)N(CC(=O)NC2(C#N)CCCC2)C1=O. The van der Waals surface area contributed by atoms with E-state index in [1.807, 2.05) is 0 Å². The number of nitrogens with zero attached hydrogens (tertiary/aromatic N) is 2. The Bertz CT molecular complexity index is 796. The number of amides is 4. The summed E-state index contributed by atoms with van der Waals surface area (Å²) < 4.78 is 0. The summed E-state index contributed by atoms with van der Waals surface area (Å²) in [6, 6.07) is 8.10. The first kappa shape index (κ1) is 18.2. The summed E-state index contributed by atoms with van der Waals surface area (Å²) in [6.45, 7) is 1.17. The van der Waals surface area contributed by atoms with Crippen LogP contribution in [0.2, 0.25) is 5.02 Å². The van der Waals surface area contributed by atoms with Crippen LogP contribution < -0.4 is 10.6 Å². The maximum absolute atomic E-state index is 12.8. The molecule has 3 rings (SSSR count). The molecule has 0 radical (unpaired) electrons. The molecule has 1 unspecified atom stereocenters. The number of hydrogen-bond donors (Lipinski definition) is 2. The van der Waals surface area contributed by atoms with E-state index in [2.05, 4.69) is 16.7 Å². The topological polar surface area (TPSA) is 102 Å². The second-order valence-corrected chi connectivity index (χ2v) is 7.34. The van der Waals surface area contributed by atoms with Crippen LogP contribution in [-0.2, 0) is 15.1 Å². The maximum Gasteiger partial charge on any atom is 0.325 e. The van der Waals surface area contributed by atoms with Gasteiger partial charge in [-0.05, 0) is 50.3 Å². The molecule has 0 bridgehead atoms. The normalized spacial score (nSPS) is 24.3. The largest absolute Gasteiger partial charge is 0.336 e. The Morgan fingerprint density at radius 2 is 1.92 bits per heavy atom. The van der Waals surface area contributed by atoms with E-state index < -0.39 is 35.5 Å². The van der Waals surface area contributed by atoms with Crippen molar-refractivity contribution in [2.24, 2.45) is 0 Å². The molecule has 0 spiro atoms. The fourth-order valence-electron chi connectivity index (χ4n) is 3.51. The molecule has 7 nitrogen and oxygen atoms in total. The maximum atomic E-state index is 12.8. The zero-order chi connectivity index (χ0) is 18.9. The van der Waals surface area contributed by atoms with E-state index in [4.69, 9.17) is 11.6 Å². The van der Waals surface area contributed by atoms with Gasteiger partial charge in [0.05, 0.1) is 6.07 Å². The summed E-state index contributed by atoms with van der Waals surface area (Å²) in [5.74, 6) is -1.03. The van der Waals surface area contributed by atoms with Crippen LogP contribution in [0.3, 0.4) is 0 Å². The quantitative estimate of drug-likeness (QED) is 0.787. The Morgan fingerprint density at radius 3 is 2.50 bits per heavy atom. The van der Waals surface area contributed by atoms with Crippen molar-refractivity contribution < 1.29 is 14.4 Å². The molecule has 1 heterocycles. The second kappa shape index (κ2) is 6.61. The molecule has 4 amide bonds. The van der Waals surface area contributed by atoms with Crippen LogP contribution in [0, 0.1) is 11.3 Å². The molecule has 1 saturated carbocycles. The molecule has 1 aromatic carbocycles. The fraction of sp³-hybridized carbons (Fsp3) is 0.444. The minimum Gasteiger partial charge on any atom is -0.336 e. The zero-order valence-electron chi connectivity index (χ0n) is 14.3. The molecule has 2 N–H and O–H groups in total. The number of carbonyl (C=O) groups excluding carboxylic acids is 3. The highest BCUT2D eigenvalue weighted by Crippen LogP contribution is 2.31. The predicted octanol–water partition coefficient (Wildman–Crippen LogP) is 2.06. The lowest BCUT2D eigenvalue weighted by atomic mass is 9.92. The van der Waals surface area contributed by atoms with Gasteiger partial charge in [-0.2, -0.15) is 5.26 Å². The van der Waals surface area contributed by atoms with Crippen LogP contribution in [0.4, 0.5) is 4.79 Å². The highest BCUT2D eigenvalue weighted by molar-refractivity contribution is 6.30. The van der Waals surface area contributed by atoms with Gasteiger partial charge >= 0.3 is 6.03 Å². The number of benzene rings is 1. The third kappa shape index (κ3) is 3.13. The molecule has 1 aliphatic heterocycles. The first-order valence-electron chi connectivity index (χ1n) is 8.42. The monoisotopic (exact) mass is 374 g/mol. The molecular weight excluding hydrogens is 356 g/mol. The average molecular weight is 375 g/mol. The Labute approximate surface area is 156 Å². The van der Waals surface area contributed by atoms with Gasteiger partial charge in [0.2, 0.25) is 5.91 Å². The molecular formula is C18H19ClN4O3. The zero-order valence-corrected chi connectivity index (χ0v) is 15.1. The van der Waals surface area contributed by atoms with Gasteiger partial charge in [0.25, 0.3) is 5.91 Å². The van der Waals surface area contributed by atoms with E-state index in [0.29, 0.717) is 23.4 Å². The molecule has 8 heteroatoms. The van der Waals surface area contributed by atoms with Gasteiger partial charge < -0.3 is 10.6 Å². The van der Waals surface area contributed by atoms with E-state index in [9.17, 15) is 19.6 Å². The molecule has 2 fully saturated rings. The van der Waals surface area contributed by atoms with Crippen molar-refractivity contribution in [2.45, 2.75) is 43.7 Å². The number of imide groups is 1. The first-order chi connectivity index (χ1) is 12.3. The summed E-state index contributed by atoms with van der Waals surface area (Å²) >= 11 is 5.87. The van der Waals surface area contributed by atoms with Gasteiger partial charge in [0.15, 0.2) is 0 Å². The van der Waals surface area contributed by atoms with E-state index in [-0.39, 0.29) is 0 Å². The van der Waals surface area contributed by atoms with E-state index in [0.717, 1.165) is 17.7 Å². The summed E-state index contributed by atoms with van der Waals surface area (Å²) in [6.07, 6.45) is 2.90. The fourth-order valence-corrected chi connectivity index (χ4v) is 3.64. The molecule has 1 atom stereocenters. The predicted molar refractivity (Wildman–Crippen MR) is 94.0 cm³/mol. The van der Waals surface area contributed by atoms with E-state index >= 15 is 0 Å². The summed E-state index contributed by atoms with van der Waals surface area (Å²) in [5, 5.41) is 15.2. The van der Waals surface area contributed by atoms with Gasteiger partial charge in [-0.15, -0.1) is 0 Å². The van der Waals surface area contributed by atoms with Crippen LogP contribution in [0.25, 0.3) is 0 Å². The highest BCUT2D eigenvalue weighted by atomic mass is 35.5. The van der Waals surface area contributed by atoms with Crippen LogP contribution >= 0.6 is 11.6 Å². The molecule has 1 aliphatic carbocycles. The lowest BCUT2D eigenvalue weighted by molar-refractivity contribution is -0.135. The van der Waals surface area contributed by atoms with Gasteiger partial charge in [-0.1, -0.05) is 23.7 Å². The summed E-state index contributed by atoms with van der Waals surface area (Å²) in [7, 11) is 0. The molecule has 0 aromatic heterocycles. The number of carbonyl (C=O) groups is 3. The van der Waals surface area contributed by atoms with Gasteiger partial charge in [-0.25, -0.2) is 4.79 Å². The van der Waals surface area contributed by atoms with Crippen LogP contribution in [0.1, 0.15) is 38.2 Å². The third-order valence-corrected chi connectivity index (χ3v) is 5.30. The second-order valence-electron chi connectivity index (χ2n) is 6.90. The Balaban J connectivity index is 1.74. The van der Waals surface area contributed by atoms with E-state index in [1.54, 1.807) is 31.2 Å². The summed E-state index contributed by atoms with van der Waals surface area (Å²) in [5.41, 5.74) is -1.58. The molecule has 1 aromatic rings. The van der Waals surface area contributed by atoms with Gasteiger partial charge in [-0.3, -0.25) is 14.5 Å². The van der Waals surface area contributed by atoms with Gasteiger partial charge in [0.1, 0.15) is 17.6 Å². The standard InChI is InChI=1S/C18H19ClN4O3/c1-17(12-4-6-13(19)7-5-12)15(25)23(16(26)22-17)10-14(24)21-18(11-20)8-2-3-9-18/h4-7H,2-3,8-10H2,1H3,(H,21,24)(H,22,26). The van der Waals surface area contributed by atoms with Crippen molar-refractivity contribution in [3.63, 3.8) is 0 Å². The first-order valence-corrected chi connectivity index (χ1v) is 8.80. The minimum absolute atomic E-state index is 0.419. The van der Waals surface area contributed by atoms with Crippen molar-refractivity contribution in [3.05, 3.63) is 34.9 Å². The molecule has 26 heavy (non-hydrogen) atoms. The number of urea groups is 1. The number of nitrogens with one attached hydrogen (secondary N) is 2. The van der Waals surface area contributed by atoms with Crippen LogP contribution in [0.5, 0.6) is 0 Å². The van der Waals surface area contributed by atoms with Gasteiger partial charge in [0, 0.05) is 5.02 Å². The van der Waals surface area contributed by atoms with Crippen molar-refractivity contribution in [2.75, 3.05) is 6.54 Å². The average Bonchev–Trinajstić information content (AvgIpc) is 3.15. The Morgan fingerprint density at radius 1 is 1.31 bits per heavy atom. The molecule has 1 saturated heterocycles. The highest BCUT2D eigenvalue weighted by Gasteiger charge is 2.49. The lowest BCUT2D eigenvalue weighted by Gasteiger charge is -2.24. The van der Waals surface area contributed by atoms with Crippen molar-refractivity contribution >= 4 is 29.4 Å². The van der Waals surface area contributed by atoms with Crippen LogP contribution in [-0.4, -0.2) is 34.8 Å². The number of halogens is 1. The smallest absolute Gasteiger partial charge is 0.325 e. The van der Waals surface area contributed by atoms with Crippen molar-refractivity contribution in [3.8, 4) is 6.07 Å². The summed E-state index contributed by atoms with van der Waals surface area (Å²) in [4.78, 5) is 38.3. The lowest BCUT2D eigenvalue weighted by Crippen LogP contribution is -2.50. The molecule has 136 valence electrons. The number of rotatable bonds is 4. The molecule has 2 aliphatic rings. The Hall–Kier alpha value is -2.59. The van der Waals surface area contributed by atoms with Crippen molar-refractivity contribution in [1.82, 2.24) is 15.5 Å². The number of nitriles is 1. The third-order valence-electron chi connectivity index (χ3n) is 5.05. The van der Waals surface area contributed by atoms with Crippen LogP contribution in [0.15, 0.2) is 24.3 Å². The van der Waals surface area contributed by atoms with Crippen molar-refractivity contribution in [1.29, 1.82) is 5.26 Å². The van der Waals surface area contributed by atoms with E-state index in [1.165, 1.54) is 0 Å². The number of hydrogen-bond acceptors (Lipinski definition) is 4. The minimum atomic E-state index is -1.26.